The standard InChI is InChI=1S/C26H24BrN3O3S/c1-16-21(14-24(31)29(15-17-3-4-17)26-28-11-12-34-26)22-13-20(33-2)9-10-23(22)30(16)25(32)18-5-7-19(27)8-6-18/h5-13,17H,3-4,14-15H2,1-2H3. The molecule has 8 heteroatoms. The Hall–Kier alpha value is -2.97. The van der Waals surface area contributed by atoms with Crippen molar-refractivity contribution in [2.45, 2.75) is 26.2 Å². The van der Waals surface area contributed by atoms with Crippen LogP contribution in [-0.2, 0) is 11.2 Å². The summed E-state index contributed by atoms with van der Waals surface area (Å²) in [5.74, 6) is 1.08. The zero-order chi connectivity index (χ0) is 23.8. The summed E-state index contributed by atoms with van der Waals surface area (Å²) in [6.45, 7) is 2.59. The van der Waals surface area contributed by atoms with E-state index in [4.69, 9.17) is 4.74 Å². The van der Waals surface area contributed by atoms with Crippen molar-refractivity contribution in [3.8, 4) is 5.75 Å². The Morgan fingerprint density at radius 2 is 1.97 bits per heavy atom. The van der Waals surface area contributed by atoms with Crippen molar-refractivity contribution in [3.05, 3.63) is 75.3 Å². The van der Waals surface area contributed by atoms with Crippen LogP contribution in [0.1, 0.15) is 34.5 Å². The van der Waals surface area contributed by atoms with Crippen LogP contribution in [0, 0.1) is 12.8 Å². The Morgan fingerprint density at radius 1 is 1.21 bits per heavy atom. The predicted molar refractivity (Wildman–Crippen MR) is 138 cm³/mol. The number of fused-ring (bicyclic) bond motifs is 1. The van der Waals surface area contributed by atoms with Gasteiger partial charge >= 0.3 is 0 Å². The van der Waals surface area contributed by atoms with E-state index < -0.39 is 0 Å². The van der Waals surface area contributed by atoms with Gasteiger partial charge in [-0.1, -0.05) is 15.9 Å². The molecule has 2 aromatic heterocycles. The number of anilines is 1. The molecule has 1 fully saturated rings. The number of aromatic nitrogens is 2. The Balaban J connectivity index is 1.57. The molecule has 0 aliphatic heterocycles. The van der Waals surface area contributed by atoms with Crippen LogP contribution in [0.4, 0.5) is 5.13 Å². The number of carbonyl (C=O) groups is 2. The summed E-state index contributed by atoms with van der Waals surface area (Å²) in [4.78, 5) is 33.3. The molecular weight excluding hydrogens is 514 g/mol. The second-order valence-corrected chi connectivity index (χ2v) is 10.3. The Kier molecular flexibility index (Phi) is 6.27. The van der Waals surface area contributed by atoms with Gasteiger partial charge in [0.1, 0.15) is 5.75 Å². The summed E-state index contributed by atoms with van der Waals surface area (Å²) in [5.41, 5.74) is 2.93. The van der Waals surface area contributed by atoms with Crippen LogP contribution in [0.25, 0.3) is 10.9 Å². The average molecular weight is 538 g/mol. The van der Waals surface area contributed by atoms with Crippen LogP contribution < -0.4 is 9.64 Å². The van der Waals surface area contributed by atoms with E-state index in [9.17, 15) is 9.59 Å². The van der Waals surface area contributed by atoms with Crippen molar-refractivity contribution in [2.24, 2.45) is 5.92 Å². The molecule has 0 spiro atoms. The van der Waals surface area contributed by atoms with Crippen molar-refractivity contribution in [1.82, 2.24) is 9.55 Å². The van der Waals surface area contributed by atoms with Gasteiger partial charge in [-0.3, -0.25) is 19.1 Å². The molecule has 174 valence electrons. The van der Waals surface area contributed by atoms with Crippen LogP contribution in [0.5, 0.6) is 5.75 Å². The van der Waals surface area contributed by atoms with Crippen molar-refractivity contribution in [3.63, 3.8) is 0 Å². The van der Waals surface area contributed by atoms with E-state index in [0.717, 1.165) is 44.6 Å². The third kappa shape index (κ3) is 4.40. The second-order valence-electron chi connectivity index (χ2n) is 8.53. The highest BCUT2D eigenvalue weighted by atomic mass is 79.9. The molecule has 1 saturated carbocycles. The van der Waals surface area contributed by atoms with Gasteiger partial charge in [-0.2, -0.15) is 0 Å². The first-order valence-electron chi connectivity index (χ1n) is 11.1. The predicted octanol–water partition coefficient (Wildman–Crippen LogP) is 5.85. The van der Waals surface area contributed by atoms with Gasteiger partial charge in [-0.15, -0.1) is 11.3 Å². The van der Waals surface area contributed by atoms with E-state index in [0.29, 0.717) is 23.8 Å². The maximum absolute atomic E-state index is 13.6. The van der Waals surface area contributed by atoms with Crippen LogP contribution in [0.2, 0.25) is 0 Å². The molecule has 0 saturated heterocycles. The van der Waals surface area contributed by atoms with Crippen LogP contribution >= 0.6 is 27.3 Å². The molecule has 0 bridgehead atoms. The van der Waals surface area contributed by atoms with Crippen molar-refractivity contribution >= 4 is 55.1 Å². The number of benzene rings is 2. The number of carbonyl (C=O) groups excluding carboxylic acids is 2. The van der Waals surface area contributed by atoms with E-state index in [1.165, 1.54) is 11.3 Å². The zero-order valence-electron chi connectivity index (χ0n) is 19.0. The molecule has 6 nitrogen and oxygen atoms in total. The van der Waals surface area contributed by atoms with Crippen molar-refractivity contribution in [2.75, 3.05) is 18.6 Å². The minimum absolute atomic E-state index is 0.0112. The fraction of sp³-hybridized carbons (Fsp3) is 0.269. The normalized spacial score (nSPS) is 13.3. The van der Waals surface area contributed by atoms with E-state index in [1.54, 1.807) is 30.0 Å². The average Bonchev–Trinajstić information content (AvgIpc) is 3.42. The number of hydrogen-bond donors (Lipinski definition) is 0. The number of methoxy groups -OCH3 is 1. The first kappa shape index (κ1) is 22.8. The summed E-state index contributed by atoms with van der Waals surface area (Å²) in [7, 11) is 1.61. The van der Waals surface area contributed by atoms with Crippen LogP contribution in [0.15, 0.2) is 58.5 Å². The molecule has 2 heterocycles. The van der Waals surface area contributed by atoms with Gasteiger partial charge in [-0.05, 0) is 73.7 Å². The third-order valence-electron chi connectivity index (χ3n) is 6.25. The number of ether oxygens (including phenoxy) is 1. The van der Waals surface area contributed by atoms with Crippen molar-refractivity contribution in [1.29, 1.82) is 0 Å². The zero-order valence-corrected chi connectivity index (χ0v) is 21.4. The Bertz CT molecular complexity index is 1360. The number of halogens is 1. The lowest BCUT2D eigenvalue weighted by atomic mass is 10.1. The lowest BCUT2D eigenvalue weighted by Crippen LogP contribution is -2.34. The van der Waals surface area contributed by atoms with Crippen molar-refractivity contribution < 1.29 is 14.3 Å². The highest BCUT2D eigenvalue weighted by molar-refractivity contribution is 9.10. The fourth-order valence-corrected chi connectivity index (χ4v) is 5.17. The SMILES string of the molecule is COc1ccc2c(c1)c(CC(=O)N(CC1CC1)c1nccs1)c(C)n2C(=O)c1ccc(Br)cc1. The largest absolute Gasteiger partial charge is 0.497 e. The Morgan fingerprint density at radius 3 is 2.62 bits per heavy atom. The molecule has 1 amide bonds. The lowest BCUT2D eigenvalue weighted by molar-refractivity contribution is -0.118. The number of nitrogens with zero attached hydrogens (tertiary/aromatic N) is 3. The molecule has 2 aromatic carbocycles. The first-order chi connectivity index (χ1) is 16.5. The number of amides is 1. The smallest absolute Gasteiger partial charge is 0.262 e. The summed E-state index contributed by atoms with van der Waals surface area (Å²) >= 11 is 4.90. The van der Waals surface area contributed by atoms with Crippen LogP contribution in [-0.4, -0.2) is 35.0 Å². The van der Waals surface area contributed by atoms with Gasteiger partial charge in [0.25, 0.3) is 5.91 Å². The van der Waals surface area contributed by atoms with E-state index in [1.807, 2.05) is 47.5 Å². The Labute approximate surface area is 210 Å². The van der Waals surface area contributed by atoms with Gasteiger partial charge < -0.3 is 4.74 Å². The minimum Gasteiger partial charge on any atom is -0.497 e. The fourth-order valence-electron chi connectivity index (χ4n) is 4.24. The molecule has 4 aromatic rings. The molecule has 0 unspecified atom stereocenters. The van der Waals surface area contributed by atoms with Gasteiger partial charge in [0, 0.05) is 39.2 Å². The van der Waals surface area contributed by atoms with Gasteiger partial charge in [0.2, 0.25) is 5.91 Å². The second kappa shape index (κ2) is 9.35. The highest BCUT2D eigenvalue weighted by Gasteiger charge is 2.30. The van der Waals surface area contributed by atoms with E-state index in [2.05, 4.69) is 20.9 Å². The molecule has 34 heavy (non-hydrogen) atoms. The molecule has 5 rings (SSSR count). The highest BCUT2D eigenvalue weighted by Crippen LogP contribution is 2.34. The molecule has 1 aliphatic carbocycles. The molecule has 0 N–H and O–H groups in total. The van der Waals surface area contributed by atoms with Crippen LogP contribution in [0.3, 0.4) is 0 Å². The molecule has 0 atom stereocenters. The number of thiazole rings is 1. The summed E-state index contributed by atoms with van der Waals surface area (Å²) in [6.07, 6.45) is 4.20. The molecule has 0 radical (unpaired) electrons. The molecule has 1 aliphatic rings. The summed E-state index contributed by atoms with van der Waals surface area (Å²) in [5, 5.41) is 3.46. The monoisotopic (exact) mass is 537 g/mol. The quantitative estimate of drug-likeness (QED) is 0.296. The third-order valence-corrected chi connectivity index (χ3v) is 7.58. The van der Waals surface area contributed by atoms with E-state index in [-0.39, 0.29) is 18.2 Å². The maximum Gasteiger partial charge on any atom is 0.262 e. The summed E-state index contributed by atoms with van der Waals surface area (Å²) < 4.78 is 8.07. The first-order valence-corrected chi connectivity index (χ1v) is 12.8. The summed E-state index contributed by atoms with van der Waals surface area (Å²) in [6, 6.07) is 12.9. The van der Waals surface area contributed by atoms with Gasteiger partial charge in [0.05, 0.1) is 19.0 Å². The lowest BCUT2D eigenvalue weighted by Gasteiger charge is -2.20. The van der Waals surface area contributed by atoms with E-state index >= 15 is 0 Å². The minimum atomic E-state index is -0.131. The molecular formula is C26H24BrN3O3S. The van der Waals surface area contributed by atoms with Gasteiger partial charge in [-0.25, -0.2) is 4.98 Å². The van der Waals surface area contributed by atoms with Gasteiger partial charge in [0.15, 0.2) is 5.13 Å². The maximum atomic E-state index is 13.6. The number of rotatable bonds is 7. The number of hydrogen-bond acceptors (Lipinski definition) is 5. The topological polar surface area (TPSA) is 64.4 Å².